The molecule has 2 aliphatic rings. The van der Waals surface area contributed by atoms with Crippen molar-refractivity contribution in [2.24, 2.45) is 11.8 Å². The van der Waals surface area contributed by atoms with Gasteiger partial charge in [-0.1, -0.05) is 0 Å². The van der Waals surface area contributed by atoms with Crippen LogP contribution in [0.25, 0.3) is 0 Å². The van der Waals surface area contributed by atoms with Crippen molar-refractivity contribution >= 4 is 5.97 Å². The van der Waals surface area contributed by atoms with Crippen LogP contribution in [0.4, 0.5) is 0 Å². The lowest BCUT2D eigenvalue weighted by Crippen LogP contribution is -2.35. The predicted molar refractivity (Wildman–Crippen MR) is 60.3 cm³/mol. The van der Waals surface area contributed by atoms with Crippen LogP contribution in [0.15, 0.2) is 0 Å². The van der Waals surface area contributed by atoms with Gasteiger partial charge in [-0.25, -0.2) is 0 Å². The van der Waals surface area contributed by atoms with Crippen molar-refractivity contribution in [1.82, 2.24) is 5.32 Å². The molecule has 0 spiro atoms. The molecule has 0 aromatic heterocycles. The van der Waals surface area contributed by atoms with E-state index in [1.807, 2.05) is 0 Å². The van der Waals surface area contributed by atoms with E-state index in [4.69, 9.17) is 9.84 Å². The van der Waals surface area contributed by atoms with Gasteiger partial charge in [0, 0.05) is 12.6 Å². The van der Waals surface area contributed by atoms with Gasteiger partial charge < -0.3 is 15.2 Å². The average molecular weight is 227 g/mol. The number of ether oxygens (including phenoxy) is 1. The Morgan fingerprint density at radius 1 is 1.25 bits per heavy atom. The molecular weight excluding hydrogens is 206 g/mol. The van der Waals surface area contributed by atoms with Crippen LogP contribution in [0.3, 0.4) is 0 Å². The summed E-state index contributed by atoms with van der Waals surface area (Å²) in [6.07, 6.45) is 4.92. The minimum atomic E-state index is -0.615. The highest BCUT2D eigenvalue weighted by Crippen LogP contribution is 2.28. The van der Waals surface area contributed by atoms with Gasteiger partial charge in [-0.05, 0) is 44.6 Å². The molecule has 1 saturated heterocycles. The Kier molecular flexibility index (Phi) is 4.18. The van der Waals surface area contributed by atoms with Crippen LogP contribution >= 0.6 is 0 Å². The third-order valence-corrected chi connectivity index (χ3v) is 3.82. The second-order valence-corrected chi connectivity index (χ2v) is 5.02. The van der Waals surface area contributed by atoms with E-state index in [1.165, 1.54) is 0 Å². The summed E-state index contributed by atoms with van der Waals surface area (Å²) in [7, 11) is 0. The van der Waals surface area contributed by atoms with Gasteiger partial charge in [-0.2, -0.15) is 0 Å². The molecule has 2 rings (SSSR count). The standard InChI is InChI=1S/C12H21NO3/c14-12(15)10-3-1-9(2-4-10)7-13-11-5-6-16-8-11/h9-11,13H,1-8H2,(H,14,15). The molecule has 4 heteroatoms. The van der Waals surface area contributed by atoms with Crippen LogP contribution in [0, 0.1) is 11.8 Å². The first-order valence-electron chi connectivity index (χ1n) is 6.29. The van der Waals surface area contributed by atoms with Gasteiger partial charge in [0.1, 0.15) is 0 Å². The van der Waals surface area contributed by atoms with Gasteiger partial charge in [0.25, 0.3) is 0 Å². The van der Waals surface area contributed by atoms with Gasteiger partial charge in [0.2, 0.25) is 0 Å². The highest BCUT2D eigenvalue weighted by atomic mass is 16.5. The number of carboxylic acid groups (broad SMARTS) is 1. The second kappa shape index (κ2) is 5.64. The summed E-state index contributed by atoms with van der Waals surface area (Å²) in [5.74, 6) is -0.0436. The maximum atomic E-state index is 10.8. The number of nitrogens with one attached hydrogen (secondary N) is 1. The molecule has 2 N–H and O–H groups in total. The first kappa shape index (κ1) is 11.9. The predicted octanol–water partition coefficient (Wildman–Crippen LogP) is 1.26. The minimum absolute atomic E-state index is 0.0916. The van der Waals surface area contributed by atoms with Gasteiger partial charge >= 0.3 is 5.97 Å². The normalized spacial score (nSPS) is 35.1. The Bertz CT molecular complexity index is 230. The minimum Gasteiger partial charge on any atom is -0.481 e. The van der Waals surface area contributed by atoms with E-state index in [1.54, 1.807) is 0 Å². The molecule has 2 fully saturated rings. The molecule has 1 aliphatic carbocycles. The summed E-state index contributed by atoms with van der Waals surface area (Å²) >= 11 is 0. The zero-order chi connectivity index (χ0) is 11.4. The third-order valence-electron chi connectivity index (χ3n) is 3.82. The van der Waals surface area contributed by atoms with E-state index < -0.39 is 5.97 Å². The fourth-order valence-corrected chi connectivity index (χ4v) is 2.64. The van der Waals surface area contributed by atoms with Crippen molar-refractivity contribution in [2.75, 3.05) is 19.8 Å². The molecule has 0 amide bonds. The lowest BCUT2D eigenvalue weighted by Gasteiger charge is -2.27. The maximum absolute atomic E-state index is 10.8. The zero-order valence-corrected chi connectivity index (χ0v) is 9.65. The summed E-state index contributed by atoms with van der Waals surface area (Å²) in [5, 5.41) is 12.4. The van der Waals surface area contributed by atoms with Crippen molar-refractivity contribution in [3.8, 4) is 0 Å². The lowest BCUT2D eigenvalue weighted by molar-refractivity contribution is -0.143. The number of carboxylic acids is 1. The third kappa shape index (κ3) is 3.19. The van der Waals surface area contributed by atoms with E-state index >= 15 is 0 Å². The highest BCUT2D eigenvalue weighted by molar-refractivity contribution is 5.69. The summed E-state index contributed by atoms with van der Waals surface area (Å²) in [4.78, 5) is 10.8. The Morgan fingerprint density at radius 2 is 2.00 bits per heavy atom. The Hall–Kier alpha value is -0.610. The fourth-order valence-electron chi connectivity index (χ4n) is 2.64. The van der Waals surface area contributed by atoms with E-state index in [2.05, 4.69) is 5.32 Å². The molecule has 4 nitrogen and oxygen atoms in total. The number of aliphatic carboxylic acids is 1. The van der Waals surface area contributed by atoms with E-state index in [0.29, 0.717) is 12.0 Å². The first-order chi connectivity index (χ1) is 7.75. The smallest absolute Gasteiger partial charge is 0.306 e. The number of carbonyl (C=O) groups is 1. The quantitative estimate of drug-likeness (QED) is 0.759. The van der Waals surface area contributed by atoms with Crippen molar-refractivity contribution in [3.63, 3.8) is 0 Å². The SMILES string of the molecule is O=C(O)C1CCC(CNC2CCOC2)CC1. The monoisotopic (exact) mass is 227 g/mol. The highest BCUT2D eigenvalue weighted by Gasteiger charge is 2.26. The van der Waals surface area contributed by atoms with Crippen LogP contribution in [-0.4, -0.2) is 36.9 Å². The van der Waals surface area contributed by atoms with Crippen LogP contribution in [0.1, 0.15) is 32.1 Å². The molecule has 1 saturated carbocycles. The summed E-state index contributed by atoms with van der Waals surface area (Å²) in [5.41, 5.74) is 0. The van der Waals surface area contributed by atoms with E-state index in [9.17, 15) is 4.79 Å². The zero-order valence-electron chi connectivity index (χ0n) is 9.65. The number of hydrogen-bond acceptors (Lipinski definition) is 3. The molecule has 0 aromatic carbocycles. The summed E-state index contributed by atoms with van der Waals surface area (Å²) in [6.45, 7) is 2.74. The van der Waals surface area contributed by atoms with Crippen LogP contribution in [0.5, 0.6) is 0 Å². The second-order valence-electron chi connectivity index (χ2n) is 5.02. The van der Waals surface area contributed by atoms with Crippen molar-refractivity contribution in [2.45, 2.75) is 38.1 Å². The average Bonchev–Trinajstić information content (AvgIpc) is 2.80. The molecule has 1 atom stereocenters. The molecule has 1 unspecified atom stereocenters. The largest absolute Gasteiger partial charge is 0.481 e. The van der Waals surface area contributed by atoms with Gasteiger partial charge in [-0.15, -0.1) is 0 Å². The number of rotatable bonds is 4. The van der Waals surface area contributed by atoms with Crippen LogP contribution < -0.4 is 5.32 Å². The van der Waals surface area contributed by atoms with E-state index in [0.717, 1.165) is 51.9 Å². The lowest BCUT2D eigenvalue weighted by atomic mass is 9.82. The Balaban J connectivity index is 1.63. The molecule has 1 aliphatic heterocycles. The fraction of sp³-hybridized carbons (Fsp3) is 0.917. The molecule has 0 bridgehead atoms. The Labute approximate surface area is 96.4 Å². The van der Waals surface area contributed by atoms with Crippen molar-refractivity contribution in [1.29, 1.82) is 0 Å². The van der Waals surface area contributed by atoms with Crippen molar-refractivity contribution < 1.29 is 14.6 Å². The summed E-state index contributed by atoms with van der Waals surface area (Å²) < 4.78 is 5.31. The van der Waals surface area contributed by atoms with Crippen LogP contribution in [0.2, 0.25) is 0 Å². The van der Waals surface area contributed by atoms with Gasteiger partial charge in [-0.3, -0.25) is 4.79 Å². The first-order valence-corrected chi connectivity index (χ1v) is 6.29. The molecule has 0 aromatic rings. The molecule has 1 heterocycles. The topological polar surface area (TPSA) is 58.6 Å². The van der Waals surface area contributed by atoms with Crippen LogP contribution in [-0.2, 0) is 9.53 Å². The molecule has 0 radical (unpaired) electrons. The molecular formula is C12H21NO3. The maximum Gasteiger partial charge on any atom is 0.306 e. The molecule has 16 heavy (non-hydrogen) atoms. The summed E-state index contributed by atoms with van der Waals surface area (Å²) in [6, 6.07) is 0.525. The van der Waals surface area contributed by atoms with E-state index in [-0.39, 0.29) is 5.92 Å². The van der Waals surface area contributed by atoms with Gasteiger partial charge in [0.15, 0.2) is 0 Å². The van der Waals surface area contributed by atoms with Gasteiger partial charge in [0.05, 0.1) is 12.5 Å². The Morgan fingerprint density at radius 3 is 2.56 bits per heavy atom. The molecule has 92 valence electrons. The number of hydrogen-bond donors (Lipinski definition) is 2. The van der Waals surface area contributed by atoms with Crippen molar-refractivity contribution in [3.05, 3.63) is 0 Å².